The van der Waals surface area contributed by atoms with Crippen molar-refractivity contribution >= 4 is 23.2 Å². The number of aromatic nitrogens is 1. The Balaban J connectivity index is 1.70. The van der Waals surface area contributed by atoms with Gasteiger partial charge in [-0.2, -0.15) is 13.2 Å². The van der Waals surface area contributed by atoms with Gasteiger partial charge >= 0.3 is 18.3 Å². The van der Waals surface area contributed by atoms with Crippen LogP contribution in [0, 0.1) is 5.82 Å². The molecule has 0 bridgehead atoms. The van der Waals surface area contributed by atoms with Crippen LogP contribution in [-0.4, -0.2) is 67.3 Å². The average Bonchev–Trinajstić information content (AvgIpc) is 3.42. The van der Waals surface area contributed by atoms with Gasteiger partial charge < -0.3 is 29.8 Å². The smallest absolute Gasteiger partial charge is 0.410 e. The maximum atomic E-state index is 15.1. The number of nitrogens with one attached hydrogen (secondary N) is 1. The third kappa shape index (κ3) is 5.04. The zero-order valence-corrected chi connectivity index (χ0v) is 19.2. The molecule has 1 saturated heterocycles. The number of fused-ring (bicyclic) bond motifs is 1. The summed E-state index contributed by atoms with van der Waals surface area (Å²) in [5.41, 5.74) is 4.02. The Morgan fingerprint density at radius 3 is 2.64 bits per heavy atom. The summed E-state index contributed by atoms with van der Waals surface area (Å²) < 4.78 is 84.3. The van der Waals surface area contributed by atoms with Crippen LogP contribution >= 0.6 is 0 Å². The van der Waals surface area contributed by atoms with Crippen LogP contribution in [0.3, 0.4) is 0 Å². The summed E-state index contributed by atoms with van der Waals surface area (Å²) in [4.78, 5) is 28.8. The molecule has 36 heavy (non-hydrogen) atoms. The fraction of sp³-hybridized carbons (Fsp3) is 0.591. The molecule has 1 aliphatic carbocycles. The minimum atomic E-state index is -4.65. The number of amides is 3. The Morgan fingerprint density at radius 2 is 2.06 bits per heavy atom. The number of primary amides is 1. The van der Waals surface area contributed by atoms with Crippen LogP contribution in [0.1, 0.15) is 43.2 Å². The molecule has 0 radical (unpaired) electrons. The second-order valence-corrected chi connectivity index (χ2v) is 9.10. The maximum Gasteiger partial charge on any atom is 0.410 e. The Morgan fingerprint density at radius 1 is 1.36 bits per heavy atom. The predicted molar refractivity (Wildman–Crippen MR) is 114 cm³/mol. The molecule has 1 saturated carbocycles. The molecule has 2 heterocycles. The van der Waals surface area contributed by atoms with E-state index in [1.54, 1.807) is 0 Å². The second-order valence-electron chi connectivity index (χ2n) is 9.10. The third-order valence-electron chi connectivity index (χ3n) is 6.70. The lowest BCUT2D eigenvalue weighted by Crippen LogP contribution is -2.40. The minimum Gasteiger partial charge on any atom is -0.449 e. The Bertz CT molecular complexity index is 1130. The minimum absolute atomic E-state index is 0.0287. The molecule has 3 N–H and O–H groups in total. The lowest BCUT2D eigenvalue weighted by atomic mass is 9.74. The summed E-state index contributed by atoms with van der Waals surface area (Å²) in [6.45, 7) is -1.13. The average molecular weight is 520 g/mol. The van der Waals surface area contributed by atoms with Gasteiger partial charge in [0.2, 0.25) is 5.89 Å². The fourth-order valence-electron chi connectivity index (χ4n) is 4.73. The summed E-state index contributed by atoms with van der Waals surface area (Å²) in [5.74, 6) is -0.833. The van der Waals surface area contributed by atoms with Crippen molar-refractivity contribution in [2.24, 2.45) is 5.73 Å². The molecule has 0 spiro atoms. The molecule has 9 nitrogen and oxygen atoms in total. The number of ether oxygens (including phenoxy) is 2. The highest BCUT2D eigenvalue weighted by Crippen LogP contribution is 2.42. The Kier molecular flexibility index (Phi) is 6.99. The molecule has 2 aliphatic rings. The molecule has 1 aliphatic heterocycles. The number of carbonyl (C=O) groups is 2. The predicted octanol–water partition coefficient (Wildman–Crippen LogP) is 3.86. The first-order chi connectivity index (χ1) is 16.9. The van der Waals surface area contributed by atoms with Crippen molar-refractivity contribution in [2.45, 2.75) is 55.5 Å². The van der Waals surface area contributed by atoms with Crippen molar-refractivity contribution in [3.63, 3.8) is 0 Å². The summed E-state index contributed by atoms with van der Waals surface area (Å²) in [7, 11) is 1.30. The van der Waals surface area contributed by atoms with Gasteiger partial charge in [-0.15, -0.1) is 0 Å². The number of urea groups is 1. The molecule has 4 rings (SSSR count). The summed E-state index contributed by atoms with van der Waals surface area (Å²) in [6.07, 6.45) is -6.03. The fourth-order valence-corrected chi connectivity index (χ4v) is 4.73. The molecule has 1 aromatic carbocycles. The SMILES string of the molecule is COC[C@H](c1cc(F)c2oc(C3(COC(N)=O)CCC(F)CC3)nc2c1)N1C[C@@H](C(F)(F)F)NC1=O. The molecule has 3 amide bonds. The Labute approximate surface area is 202 Å². The highest BCUT2D eigenvalue weighted by Gasteiger charge is 2.49. The lowest BCUT2D eigenvalue weighted by Gasteiger charge is -2.34. The van der Waals surface area contributed by atoms with Gasteiger partial charge in [0.15, 0.2) is 11.4 Å². The molecule has 1 aromatic heterocycles. The molecule has 14 heteroatoms. The van der Waals surface area contributed by atoms with Gasteiger partial charge in [0.05, 0.1) is 24.6 Å². The van der Waals surface area contributed by atoms with E-state index in [0.717, 1.165) is 11.0 Å². The number of oxazole rings is 1. The molecule has 2 aromatic rings. The number of halogens is 5. The summed E-state index contributed by atoms with van der Waals surface area (Å²) >= 11 is 0. The number of carbonyl (C=O) groups excluding carboxylic acids is 2. The quantitative estimate of drug-likeness (QED) is 0.535. The number of methoxy groups -OCH3 is 1. The van der Waals surface area contributed by atoms with Crippen molar-refractivity contribution in [2.75, 3.05) is 26.9 Å². The third-order valence-corrected chi connectivity index (χ3v) is 6.70. The molecule has 0 unspecified atom stereocenters. The van der Waals surface area contributed by atoms with Gasteiger partial charge in [0, 0.05) is 7.11 Å². The highest BCUT2D eigenvalue weighted by molar-refractivity contribution is 5.79. The van der Waals surface area contributed by atoms with Gasteiger partial charge in [-0.25, -0.2) is 23.4 Å². The number of alkyl halides is 4. The first kappa shape index (κ1) is 25.9. The van der Waals surface area contributed by atoms with E-state index in [0.29, 0.717) is 0 Å². The van der Waals surface area contributed by atoms with E-state index in [4.69, 9.17) is 19.6 Å². The monoisotopic (exact) mass is 520 g/mol. The van der Waals surface area contributed by atoms with E-state index in [-0.39, 0.29) is 61.5 Å². The number of hydrogen-bond acceptors (Lipinski definition) is 6. The summed E-state index contributed by atoms with van der Waals surface area (Å²) in [6, 6.07) is -1.65. The Hall–Kier alpha value is -3.16. The number of nitrogens with zero attached hydrogens (tertiary/aromatic N) is 2. The van der Waals surface area contributed by atoms with Crippen molar-refractivity contribution in [3.8, 4) is 0 Å². The van der Waals surface area contributed by atoms with E-state index in [9.17, 15) is 27.2 Å². The van der Waals surface area contributed by atoms with E-state index in [2.05, 4.69) is 4.98 Å². The van der Waals surface area contributed by atoms with Crippen LogP contribution in [0.25, 0.3) is 11.1 Å². The first-order valence-electron chi connectivity index (χ1n) is 11.2. The van der Waals surface area contributed by atoms with Crippen LogP contribution in [-0.2, 0) is 14.9 Å². The molecular weight excluding hydrogens is 495 g/mol. The van der Waals surface area contributed by atoms with E-state index in [1.807, 2.05) is 5.32 Å². The number of nitrogens with two attached hydrogens (primary N) is 1. The van der Waals surface area contributed by atoms with Crippen LogP contribution in [0.5, 0.6) is 0 Å². The van der Waals surface area contributed by atoms with Crippen molar-refractivity contribution in [3.05, 3.63) is 29.4 Å². The lowest BCUT2D eigenvalue weighted by molar-refractivity contribution is -0.150. The number of benzene rings is 1. The zero-order chi connectivity index (χ0) is 26.3. The normalized spacial score (nSPS) is 25.7. The second kappa shape index (κ2) is 9.71. The van der Waals surface area contributed by atoms with E-state index >= 15 is 4.39 Å². The van der Waals surface area contributed by atoms with Crippen molar-refractivity contribution in [1.29, 1.82) is 0 Å². The van der Waals surface area contributed by atoms with Gasteiger partial charge in [0.25, 0.3) is 0 Å². The van der Waals surface area contributed by atoms with E-state index in [1.165, 1.54) is 13.2 Å². The number of rotatable bonds is 7. The topological polar surface area (TPSA) is 120 Å². The van der Waals surface area contributed by atoms with Gasteiger partial charge in [-0.1, -0.05) is 0 Å². The standard InChI is InChI=1S/C22H25F5N4O5/c1-34-9-15(31-8-16(22(25,26)27)30-20(31)33)11-6-13(24)17-14(7-11)29-18(36-17)21(10-35-19(28)32)4-2-12(23)3-5-21/h6-7,12,15-16H,2-5,8-10H2,1H3,(H2,28,32)(H,30,33)/t12?,15-,16+,21?/m1/s1. The highest BCUT2D eigenvalue weighted by atomic mass is 19.4. The van der Waals surface area contributed by atoms with Crippen molar-refractivity contribution < 1.29 is 45.4 Å². The number of hydrogen-bond donors (Lipinski definition) is 2. The zero-order valence-electron chi connectivity index (χ0n) is 19.2. The van der Waals surface area contributed by atoms with Crippen LogP contribution in [0.15, 0.2) is 16.5 Å². The van der Waals surface area contributed by atoms with Gasteiger partial charge in [0.1, 0.15) is 24.3 Å². The van der Waals surface area contributed by atoms with Crippen molar-refractivity contribution in [1.82, 2.24) is 15.2 Å². The van der Waals surface area contributed by atoms with Gasteiger partial charge in [-0.3, -0.25) is 0 Å². The van der Waals surface area contributed by atoms with Gasteiger partial charge in [-0.05, 0) is 43.4 Å². The van der Waals surface area contributed by atoms with E-state index < -0.39 is 54.3 Å². The molecule has 2 atom stereocenters. The summed E-state index contributed by atoms with van der Waals surface area (Å²) in [5, 5.41) is 1.88. The largest absolute Gasteiger partial charge is 0.449 e. The van der Waals surface area contributed by atoms with Crippen LogP contribution < -0.4 is 11.1 Å². The van der Waals surface area contributed by atoms with Crippen LogP contribution in [0.4, 0.5) is 31.5 Å². The molecule has 2 fully saturated rings. The maximum absolute atomic E-state index is 15.1. The van der Waals surface area contributed by atoms with Crippen LogP contribution in [0.2, 0.25) is 0 Å². The first-order valence-corrected chi connectivity index (χ1v) is 11.2. The molecular formula is C22H25F5N4O5. The molecule has 198 valence electrons.